The molecule has 1 unspecified atom stereocenters. The molecule has 0 aromatic carbocycles. The summed E-state index contributed by atoms with van der Waals surface area (Å²) in [4.78, 5) is 28.7. The summed E-state index contributed by atoms with van der Waals surface area (Å²) in [6, 6.07) is 0. The number of nitrogens with zero attached hydrogens (tertiary/aromatic N) is 4. The highest BCUT2D eigenvalue weighted by atomic mass is 16.6. The van der Waals surface area contributed by atoms with Crippen molar-refractivity contribution in [1.82, 2.24) is 18.7 Å². The zero-order valence-electron chi connectivity index (χ0n) is 11.7. The van der Waals surface area contributed by atoms with Crippen LogP contribution >= 0.6 is 0 Å². The Morgan fingerprint density at radius 3 is 2.80 bits per heavy atom. The molecule has 1 fully saturated rings. The van der Waals surface area contributed by atoms with E-state index in [0.717, 1.165) is 25.9 Å². The van der Waals surface area contributed by atoms with E-state index in [-0.39, 0.29) is 11.2 Å². The summed E-state index contributed by atoms with van der Waals surface area (Å²) in [5, 5.41) is 0. The van der Waals surface area contributed by atoms with Gasteiger partial charge in [0.05, 0.1) is 19.0 Å². The zero-order chi connectivity index (χ0) is 14.3. The lowest BCUT2D eigenvalue weighted by atomic mass is 10.2. The van der Waals surface area contributed by atoms with Crippen LogP contribution in [0.5, 0.6) is 0 Å². The maximum atomic E-state index is 12.4. The van der Waals surface area contributed by atoms with E-state index in [9.17, 15) is 9.59 Å². The SMILES string of the molecule is Cn1cnc2c1c(=O)n(CCCCC1CO1)c(=O)n2C. The topological polar surface area (TPSA) is 74.3 Å². The largest absolute Gasteiger partial charge is 0.373 e. The summed E-state index contributed by atoms with van der Waals surface area (Å²) in [6.07, 6.45) is 4.72. The summed E-state index contributed by atoms with van der Waals surface area (Å²) >= 11 is 0. The van der Waals surface area contributed by atoms with Crippen molar-refractivity contribution >= 4 is 11.2 Å². The van der Waals surface area contributed by atoms with E-state index in [1.165, 1.54) is 9.13 Å². The lowest BCUT2D eigenvalue weighted by Gasteiger charge is -2.08. The molecule has 7 heteroatoms. The first-order valence-corrected chi connectivity index (χ1v) is 6.82. The Hall–Kier alpha value is -1.89. The number of imidazole rings is 1. The van der Waals surface area contributed by atoms with Crippen molar-refractivity contribution in [3.63, 3.8) is 0 Å². The summed E-state index contributed by atoms with van der Waals surface area (Å²) in [7, 11) is 3.40. The van der Waals surface area contributed by atoms with Gasteiger partial charge >= 0.3 is 5.69 Å². The van der Waals surface area contributed by atoms with Crippen molar-refractivity contribution in [2.75, 3.05) is 6.61 Å². The molecule has 3 heterocycles. The van der Waals surface area contributed by atoms with Gasteiger partial charge in [-0.3, -0.25) is 13.9 Å². The number of rotatable bonds is 5. The molecule has 1 atom stereocenters. The third kappa shape index (κ3) is 2.18. The van der Waals surface area contributed by atoms with Gasteiger partial charge in [-0.25, -0.2) is 9.78 Å². The summed E-state index contributed by atoms with van der Waals surface area (Å²) in [5.41, 5.74) is 0.345. The second kappa shape index (κ2) is 4.90. The average Bonchev–Trinajstić information content (AvgIpc) is 3.17. The van der Waals surface area contributed by atoms with Gasteiger partial charge in [0.25, 0.3) is 5.56 Å². The van der Waals surface area contributed by atoms with Crippen LogP contribution in [-0.2, 0) is 25.4 Å². The Labute approximate surface area is 115 Å². The van der Waals surface area contributed by atoms with Gasteiger partial charge in [-0.15, -0.1) is 0 Å². The quantitative estimate of drug-likeness (QED) is 0.570. The minimum atomic E-state index is -0.302. The molecule has 1 aliphatic heterocycles. The standard InChI is InChI=1S/C13H18N4O3/c1-15-8-14-11-10(15)12(18)17(13(19)16(11)2)6-4-3-5-9-7-20-9/h8-9H,3-7H2,1-2H3. The fraction of sp³-hybridized carbons (Fsp3) is 0.615. The lowest BCUT2D eigenvalue weighted by molar-refractivity contribution is 0.385. The molecule has 20 heavy (non-hydrogen) atoms. The number of hydrogen-bond donors (Lipinski definition) is 0. The number of epoxide rings is 1. The zero-order valence-corrected chi connectivity index (χ0v) is 11.7. The smallest absolute Gasteiger partial charge is 0.332 e. The number of hydrogen-bond acceptors (Lipinski definition) is 4. The van der Waals surface area contributed by atoms with Crippen molar-refractivity contribution in [2.24, 2.45) is 14.1 Å². The van der Waals surface area contributed by atoms with E-state index < -0.39 is 0 Å². The van der Waals surface area contributed by atoms with E-state index in [4.69, 9.17) is 4.74 Å². The number of unbranched alkanes of at least 4 members (excludes halogenated alkanes) is 1. The first kappa shape index (κ1) is 13.1. The molecule has 0 N–H and O–H groups in total. The molecule has 0 spiro atoms. The van der Waals surface area contributed by atoms with Crippen molar-refractivity contribution in [3.8, 4) is 0 Å². The van der Waals surface area contributed by atoms with Gasteiger partial charge in [0.1, 0.15) is 0 Å². The average molecular weight is 278 g/mol. The maximum absolute atomic E-state index is 12.4. The maximum Gasteiger partial charge on any atom is 0.332 e. The number of aromatic nitrogens is 4. The molecule has 2 aromatic rings. The van der Waals surface area contributed by atoms with E-state index >= 15 is 0 Å². The monoisotopic (exact) mass is 278 g/mol. The van der Waals surface area contributed by atoms with Crippen LogP contribution in [-0.4, -0.2) is 31.4 Å². The number of ether oxygens (including phenoxy) is 1. The minimum absolute atomic E-state index is 0.259. The van der Waals surface area contributed by atoms with Gasteiger partial charge in [0.2, 0.25) is 0 Å². The third-order valence-electron chi connectivity index (χ3n) is 3.76. The van der Waals surface area contributed by atoms with Crippen molar-refractivity contribution in [3.05, 3.63) is 27.2 Å². The molecule has 108 valence electrons. The number of aryl methyl sites for hydroxylation is 2. The predicted octanol–water partition coefficient (Wildman–Crippen LogP) is 0.00280. The molecule has 7 nitrogen and oxygen atoms in total. The van der Waals surface area contributed by atoms with Crippen LogP contribution in [0.2, 0.25) is 0 Å². The van der Waals surface area contributed by atoms with Crippen LogP contribution in [0.1, 0.15) is 19.3 Å². The molecular formula is C13H18N4O3. The molecule has 0 aliphatic carbocycles. The van der Waals surface area contributed by atoms with Crippen LogP contribution < -0.4 is 11.2 Å². The molecular weight excluding hydrogens is 260 g/mol. The molecule has 1 aliphatic rings. The second-order valence-corrected chi connectivity index (χ2v) is 5.28. The van der Waals surface area contributed by atoms with Gasteiger partial charge in [0, 0.05) is 20.6 Å². The Morgan fingerprint density at radius 2 is 2.10 bits per heavy atom. The van der Waals surface area contributed by atoms with E-state index in [2.05, 4.69) is 4.98 Å². The third-order valence-corrected chi connectivity index (χ3v) is 3.76. The first-order valence-electron chi connectivity index (χ1n) is 6.82. The van der Waals surface area contributed by atoms with Crippen LogP contribution in [0.15, 0.2) is 15.9 Å². The Kier molecular flexibility index (Phi) is 3.21. The molecule has 1 saturated heterocycles. The Bertz CT molecular complexity index is 751. The van der Waals surface area contributed by atoms with Crippen LogP contribution in [0.25, 0.3) is 11.2 Å². The Morgan fingerprint density at radius 1 is 1.35 bits per heavy atom. The van der Waals surface area contributed by atoms with E-state index in [0.29, 0.717) is 23.8 Å². The molecule has 0 bridgehead atoms. The van der Waals surface area contributed by atoms with Gasteiger partial charge in [-0.2, -0.15) is 0 Å². The van der Waals surface area contributed by atoms with Crippen molar-refractivity contribution in [1.29, 1.82) is 0 Å². The lowest BCUT2D eigenvalue weighted by Crippen LogP contribution is -2.39. The highest BCUT2D eigenvalue weighted by molar-refractivity contribution is 5.69. The number of fused-ring (bicyclic) bond motifs is 1. The summed E-state index contributed by atoms with van der Waals surface area (Å²) in [6.45, 7) is 1.29. The van der Waals surface area contributed by atoms with E-state index in [1.807, 2.05) is 0 Å². The van der Waals surface area contributed by atoms with Crippen molar-refractivity contribution < 1.29 is 4.74 Å². The van der Waals surface area contributed by atoms with Gasteiger partial charge in [-0.05, 0) is 19.3 Å². The van der Waals surface area contributed by atoms with Gasteiger partial charge < -0.3 is 9.30 Å². The Balaban J connectivity index is 1.90. The van der Waals surface area contributed by atoms with Crippen LogP contribution in [0.3, 0.4) is 0 Å². The highest BCUT2D eigenvalue weighted by Crippen LogP contribution is 2.16. The molecule has 2 aromatic heterocycles. The fourth-order valence-corrected chi connectivity index (χ4v) is 2.47. The summed E-state index contributed by atoms with van der Waals surface area (Å²) in [5.74, 6) is 0. The summed E-state index contributed by atoms with van der Waals surface area (Å²) < 4.78 is 9.54. The van der Waals surface area contributed by atoms with Crippen LogP contribution in [0, 0.1) is 0 Å². The second-order valence-electron chi connectivity index (χ2n) is 5.28. The molecule has 0 radical (unpaired) electrons. The van der Waals surface area contributed by atoms with Gasteiger partial charge in [0.15, 0.2) is 11.2 Å². The first-order chi connectivity index (χ1) is 9.59. The normalized spacial score (nSPS) is 17.8. The molecule has 0 amide bonds. The highest BCUT2D eigenvalue weighted by Gasteiger charge is 2.21. The van der Waals surface area contributed by atoms with Gasteiger partial charge in [-0.1, -0.05) is 0 Å². The minimum Gasteiger partial charge on any atom is -0.373 e. The van der Waals surface area contributed by atoms with Crippen molar-refractivity contribution in [2.45, 2.75) is 31.9 Å². The van der Waals surface area contributed by atoms with Crippen LogP contribution in [0.4, 0.5) is 0 Å². The fourth-order valence-electron chi connectivity index (χ4n) is 2.47. The predicted molar refractivity (Wildman–Crippen MR) is 73.8 cm³/mol. The molecule has 0 saturated carbocycles. The molecule has 3 rings (SSSR count). The van der Waals surface area contributed by atoms with E-state index in [1.54, 1.807) is 25.0 Å².